The third kappa shape index (κ3) is 5.68. The molecule has 3 nitrogen and oxygen atoms in total. The predicted molar refractivity (Wildman–Crippen MR) is 78.0 cm³/mol. The second-order valence-electron chi connectivity index (χ2n) is 6.17. The minimum atomic E-state index is 0.378. The lowest BCUT2D eigenvalue weighted by Crippen LogP contribution is -2.43. The molecule has 1 rings (SSSR count). The zero-order chi connectivity index (χ0) is 13.4. The summed E-state index contributed by atoms with van der Waals surface area (Å²) in [7, 11) is 2.23. The molecule has 1 aliphatic heterocycles. The maximum absolute atomic E-state index is 5.71. The van der Waals surface area contributed by atoms with E-state index in [1.807, 2.05) is 0 Å². The van der Waals surface area contributed by atoms with Gasteiger partial charge >= 0.3 is 0 Å². The average Bonchev–Trinajstić information content (AvgIpc) is 2.82. The highest BCUT2D eigenvalue weighted by molar-refractivity contribution is 4.80. The van der Waals surface area contributed by atoms with Crippen molar-refractivity contribution >= 4 is 0 Å². The fraction of sp³-hybridized carbons (Fsp3) is 1.00. The molecule has 0 spiro atoms. The Hall–Kier alpha value is -0.120. The summed E-state index contributed by atoms with van der Waals surface area (Å²) >= 11 is 0. The summed E-state index contributed by atoms with van der Waals surface area (Å²) in [4.78, 5) is 2.45. The van der Waals surface area contributed by atoms with Crippen LogP contribution in [0, 0.1) is 5.41 Å². The summed E-state index contributed by atoms with van der Waals surface area (Å²) < 4.78 is 5.71. The Balaban J connectivity index is 2.30. The standard InChI is InChI=1S/C15H32N2O/c1-5-9-16-12-15(3,6-2)13-17(4)11-14-8-7-10-18-14/h14,16H,5-13H2,1-4H3. The molecule has 0 aromatic rings. The third-order valence-corrected chi connectivity index (χ3v) is 4.02. The topological polar surface area (TPSA) is 24.5 Å². The first-order valence-electron chi connectivity index (χ1n) is 7.60. The molecule has 1 heterocycles. The lowest BCUT2D eigenvalue weighted by molar-refractivity contribution is 0.0663. The molecule has 0 saturated carbocycles. The third-order valence-electron chi connectivity index (χ3n) is 4.02. The molecule has 1 N–H and O–H groups in total. The molecule has 2 unspecified atom stereocenters. The lowest BCUT2D eigenvalue weighted by atomic mass is 9.86. The highest BCUT2D eigenvalue weighted by atomic mass is 16.5. The van der Waals surface area contributed by atoms with E-state index >= 15 is 0 Å². The highest BCUT2D eigenvalue weighted by Crippen LogP contribution is 2.22. The van der Waals surface area contributed by atoms with Gasteiger partial charge in [0, 0.05) is 26.2 Å². The van der Waals surface area contributed by atoms with Crippen molar-refractivity contribution in [3.8, 4) is 0 Å². The fourth-order valence-electron chi connectivity index (χ4n) is 2.71. The Bertz CT molecular complexity index is 217. The van der Waals surface area contributed by atoms with Crippen molar-refractivity contribution in [2.75, 3.05) is 39.8 Å². The van der Waals surface area contributed by atoms with Gasteiger partial charge in [-0.05, 0) is 44.7 Å². The maximum atomic E-state index is 5.71. The minimum absolute atomic E-state index is 0.378. The molecular weight excluding hydrogens is 224 g/mol. The Morgan fingerprint density at radius 1 is 1.39 bits per heavy atom. The zero-order valence-corrected chi connectivity index (χ0v) is 12.8. The molecule has 108 valence electrons. The van der Waals surface area contributed by atoms with Crippen LogP contribution in [-0.2, 0) is 4.74 Å². The number of likely N-dealkylation sites (N-methyl/N-ethyl adjacent to an activating group) is 1. The summed E-state index contributed by atoms with van der Waals surface area (Å²) in [5, 5.41) is 3.57. The first-order valence-corrected chi connectivity index (χ1v) is 7.60. The smallest absolute Gasteiger partial charge is 0.0702 e. The normalized spacial score (nSPS) is 23.5. The minimum Gasteiger partial charge on any atom is -0.377 e. The van der Waals surface area contributed by atoms with Crippen molar-refractivity contribution in [3.05, 3.63) is 0 Å². The molecule has 0 aliphatic carbocycles. The Labute approximate surface area is 113 Å². The molecule has 0 aromatic carbocycles. The van der Waals surface area contributed by atoms with Crippen LogP contribution < -0.4 is 5.32 Å². The van der Waals surface area contributed by atoms with Gasteiger partial charge in [0.25, 0.3) is 0 Å². The van der Waals surface area contributed by atoms with E-state index in [-0.39, 0.29) is 0 Å². The van der Waals surface area contributed by atoms with Gasteiger partial charge < -0.3 is 15.0 Å². The van der Waals surface area contributed by atoms with Gasteiger partial charge in [-0.25, -0.2) is 0 Å². The molecule has 18 heavy (non-hydrogen) atoms. The van der Waals surface area contributed by atoms with Gasteiger partial charge in [-0.2, -0.15) is 0 Å². The number of nitrogens with one attached hydrogen (secondary N) is 1. The van der Waals surface area contributed by atoms with Gasteiger partial charge in [0.2, 0.25) is 0 Å². The van der Waals surface area contributed by atoms with Crippen LogP contribution in [0.1, 0.15) is 46.5 Å². The molecule has 2 atom stereocenters. The average molecular weight is 256 g/mol. The van der Waals surface area contributed by atoms with E-state index in [1.54, 1.807) is 0 Å². The molecule has 3 heteroatoms. The number of ether oxygens (including phenoxy) is 1. The van der Waals surface area contributed by atoms with Crippen LogP contribution in [0.3, 0.4) is 0 Å². The first kappa shape index (κ1) is 15.9. The molecular formula is C15H32N2O. The van der Waals surface area contributed by atoms with Gasteiger partial charge in [-0.15, -0.1) is 0 Å². The van der Waals surface area contributed by atoms with E-state index in [1.165, 1.54) is 25.7 Å². The van der Waals surface area contributed by atoms with E-state index in [4.69, 9.17) is 4.74 Å². The van der Waals surface area contributed by atoms with E-state index in [0.717, 1.165) is 32.8 Å². The summed E-state index contributed by atoms with van der Waals surface area (Å²) in [6, 6.07) is 0. The largest absolute Gasteiger partial charge is 0.377 e. The van der Waals surface area contributed by atoms with E-state index in [0.29, 0.717) is 11.5 Å². The summed E-state index contributed by atoms with van der Waals surface area (Å²) in [5.41, 5.74) is 0.378. The second-order valence-corrected chi connectivity index (χ2v) is 6.17. The van der Waals surface area contributed by atoms with Gasteiger partial charge in [0.1, 0.15) is 0 Å². The SMILES string of the molecule is CCCNCC(C)(CC)CN(C)CC1CCCO1. The zero-order valence-electron chi connectivity index (χ0n) is 12.8. The molecule has 0 aromatic heterocycles. The van der Waals surface area contributed by atoms with Crippen molar-refractivity contribution in [2.24, 2.45) is 5.41 Å². The first-order chi connectivity index (χ1) is 8.59. The van der Waals surface area contributed by atoms with Crippen molar-refractivity contribution in [1.82, 2.24) is 10.2 Å². The van der Waals surface area contributed by atoms with Crippen molar-refractivity contribution in [2.45, 2.75) is 52.6 Å². The van der Waals surface area contributed by atoms with Gasteiger partial charge in [0.05, 0.1) is 6.10 Å². The Kier molecular flexibility index (Phi) is 7.20. The number of hydrogen-bond donors (Lipinski definition) is 1. The summed E-state index contributed by atoms with van der Waals surface area (Å²) in [6.45, 7) is 12.4. The monoisotopic (exact) mass is 256 g/mol. The number of nitrogens with zero attached hydrogens (tertiary/aromatic N) is 1. The van der Waals surface area contributed by atoms with Crippen LogP contribution in [0.4, 0.5) is 0 Å². The Morgan fingerprint density at radius 3 is 2.72 bits per heavy atom. The molecule has 0 amide bonds. The molecule has 1 saturated heterocycles. The number of rotatable bonds is 9. The van der Waals surface area contributed by atoms with E-state index in [9.17, 15) is 0 Å². The van der Waals surface area contributed by atoms with Crippen LogP contribution in [0.2, 0.25) is 0 Å². The quantitative estimate of drug-likeness (QED) is 0.642. The lowest BCUT2D eigenvalue weighted by Gasteiger charge is -2.34. The number of hydrogen-bond acceptors (Lipinski definition) is 3. The summed E-state index contributed by atoms with van der Waals surface area (Å²) in [6.07, 6.45) is 5.38. The van der Waals surface area contributed by atoms with Crippen molar-refractivity contribution < 1.29 is 4.74 Å². The van der Waals surface area contributed by atoms with Crippen LogP contribution >= 0.6 is 0 Å². The van der Waals surface area contributed by atoms with Crippen LogP contribution in [0.25, 0.3) is 0 Å². The molecule has 1 fully saturated rings. The fourth-order valence-corrected chi connectivity index (χ4v) is 2.71. The Morgan fingerprint density at radius 2 is 2.17 bits per heavy atom. The van der Waals surface area contributed by atoms with Crippen molar-refractivity contribution in [3.63, 3.8) is 0 Å². The predicted octanol–water partition coefficient (Wildman–Crippen LogP) is 2.51. The van der Waals surface area contributed by atoms with Crippen LogP contribution in [-0.4, -0.2) is 50.8 Å². The van der Waals surface area contributed by atoms with E-state index in [2.05, 4.69) is 38.0 Å². The van der Waals surface area contributed by atoms with Crippen LogP contribution in [0.15, 0.2) is 0 Å². The van der Waals surface area contributed by atoms with Gasteiger partial charge in [-0.1, -0.05) is 20.8 Å². The highest BCUT2D eigenvalue weighted by Gasteiger charge is 2.25. The second kappa shape index (κ2) is 8.13. The van der Waals surface area contributed by atoms with Crippen LogP contribution in [0.5, 0.6) is 0 Å². The molecule has 0 radical (unpaired) electrons. The van der Waals surface area contributed by atoms with E-state index < -0.39 is 0 Å². The van der Waals surface area contributed by atoms with Crippen molar-refractivity contribution in [1.29, 1.82) is 0 Å². The molecule has 1 aliphatic rings. The molecule has 0 bridgehead atoms. The van der Waals surface area contributed by atoms with Gasteiger partial charge in [-0.3, -0.25) is 0 Å². The maximum Gasteiger partial charge on any atom is 0.0702 e. The summed E-state index contributed by atoms with van der Waals surface area (Å²) in [5.74, 6) is 0. The van der Waals surface area contributed by atoms with Gasteiger partial charge in [0.15, 0.2) is 0 Å².